The number of nitrogens with zero attached hydrogens (tertiary/aromatic N) is 3. The van der Waals surface area contributed by atoms with Crippen LogP contribution in [-0.2, 0) is 4.74 Å². The first kappa shape index (κ1) is 20.5. The highest BCUT2D eigenvalue weighted by molar-refractivity contribution is 6.07. The maximum atomic E-state index is 12.7. The molecular formula is C21H24N4O4. The molecule has 0 bridgehead atoms. The molecule has 1 aromatic heterocycles. The second-order valence-electron chi connectivity index (χ2n) is 6.72. The first-order valence-corrected chi connectivity index (χ1v) is 9.52. The van der Waals surface area contributed by atoms with Gasteiger partial charge in [-0.25, -0.2) is 9.78 Å². The molecule has 0 aliphatic carbocycles. The summed E-state index contributed by atoms with van der Waals surface area (Å²) in [6.07, 6.45) is 0. The highest BCUT2D eigenvalue weighted by Crippen LogP contribution is 2.17. The number of aromatic nitrogens is 1. The van der Waals surface area contributed by atoms with Crippen LogP contribution in [0, 0.1) is 0 Å². The number of likely N-dealkylation sites (N-methyl/N-ethyl adjacent to an activating group) is 1. The number of hydrogen-bond donors (Lipinski definition) is 1. The summed E-state index contributed by atoms with van der Waals surface area (Å²) >= 11 is 0. The number of benzene rings is 1. The number of anilines is 1. The lowest BCUT2D eigenvalue weighted by molar-refractivity contribution is 0.0527. The van der Waals surface area contributed by atoms with Crippen LogP contribution in [0.5, 0.6) is 0 Å². The monoisotopic (exact) mass is 396 g/mol. The molecule has 8 heteroatoms. The first-order chi connectivity index (χ1) is 14.0. The van der Waals surface area contributed by atoms with Gasteiger partial charge in [0.25, 0.3) is 11.8 Å². The molecule has 2 amide bonds. The zero-order chi connectivity index (χ0) is 20.8. The highest BCUT2D eigenvalue weighted by Gasteiger charge is 2.22. The Hall–Kier alpha value is -3.26. The van der Waals surface area contributed by atoms with Crippen LogP contribution in [-0.4, -0.2) is 72.4 Å². The van der Waals surface area contributed by atoms with E-state index in [1.54, 1.807) is 48.2 Å². The summed E-state index contributed by atoms with van der Waals surface area (Å²) in [5.74, 6) is -1.22. The fraction of sp³-hybridized carbons (Fsp3) is 0.333. The second kappa shape index (κ2) is 9.29. The second-order valence-corrected chi connectivity index (χ2v) is 6.72. The van der Waals surface area contributed by atoms with Crippen LogP contribution < -0.4 is 5.32 Å². The molecule has 3 rings (SSSR count). The van der Waals surface area contributed by atoms with Crippen molar-refractivity contribution in [3.8, 4) is 0 Å². The Bertz CT molecular complexity index is 907. The van der Waals surface area contributed by atoms with E-state index in [0.29, 0.717) is 18.8 Å². The van der Waals surface area contributed by atoms with Crippen molar-refractivity contribution in [3.63, 3.8) is 0 Å². The molecule has 0 atom stereocenters. The average Bonchev–Trinajstić information content (AvgIpc) is 2.74. The molecule has 2 aromatic rings. The number of piperazine rings is 1. The van der Waals surface area contributed by atoms with Crippen molar-refractivity contribution < 1.29 is 19.1 Å². The number of pyridine rings is 1. The molecule has 1 aliphatic rings. The number of nitrogens with one attached hydrogen (secondary N) is 1. The zero-order valence-corrected chi connectivity index (χ0v) is 16.6. The minimum Gasteiger partial charge on any atom is -0.462 e. The van der Waals surface area contributed by atoms with Gasteiger partial charge in [0.2, 0.25) is 0 Å². The summed E-state index contributed by atoms with van der Waals surface area (Å²) in [7, 11) is 2.01. The predicted octanol–water partition coefficient (Wildman–Crippen LogP) is 1.90. The number of hydrogen-bond acceptors (Lipinski definition) is 6. The summed E-state index contributed by atoms with van der Waals surface area (Å²) in [6, 6.07) is 11.3. The van der Waals surface area contributed by atoms with E-state index in [-0.39, 0.29) is 29.5 Å². The fourth-order valence-corrected chi connectivity index (χ4v) is 3.02. The van der Waals surface area contributed by atoms with Crippen LogP contribution in [0.2, 0.25) is 0 Å². The molecule has 1 aliphatic heterocycles. The summed E-state index contributed by atoms with van der Waals surface area (Å²) in [6.45, 7) is 4.80. The molecule has 0 spiro atoms. The normalized spacial score (nSPS) is 14.3. The Kier molecular flexibility index (Phi) is 6.56. The van der Waals surface area contributed by atoms with Crippen LogP contribution in [0.4, 0.5) is 5.69 Å². The van der Waals surface area contributed by atoms with Crippen molar-refractivity contribution in [1.29, 1.82) is 0 Å². The minimum absolute atomic E-state index is 0.101. The zero-order valence-electron chi connectivity index (χ0n) is 16.6. The van der Waals surface area contributed by atoms with E-state index in [4.69, 9.17) is 4.74 Å². The Labute approximate surface area is 169 Å². The third-order valence-electron chi connectivity index (χ3n) is 4.66. The van der Waals surface area contributed by atoms with E-state index in [2.05, 4.69) is 15.2 Å². The van der Waals surface area contributed by atoms with Crippen molar-refractivity contribution in [2.45, 2.75) is 6.92 Å². The number of carbonyl (C=O) groups excluding carboxylic acids is 3. The Morgan fingerprint density at radius 1 is 1.00 bits per heavy atom. The molecule has 2 heterocycles. The van der Waals surface area contributed by atoms with E-state index in [1.165, 1.54) is 6.07 Å². The van der Waals surface area contributed by atoms with Crippen molar-refractivity contribution in [2.24, 2.45) is 0 Å². The molecule has 1 saturated heterocycles. The number of para-hydroxylation sites is 1. The van der Waals surface area contributed by atoms with Gasteiger partial charge in [-0.05, 0) is 38.2 Å². The van der Waals surface area contributed by atoms with Gasteiger partial charge in [-0.3, -0.25) is 9.59 Å². The van der Waals surface area contributed by atoms with Gasteiger partial charge in [-0.15, -0.1) is 0 Å². The van der Waals surface area contributed by atoms with E-state index in [9.17, 15) is 14.4 Å². The van der Waals surface area contributed by atoms with Gasteiger partial charge in [0.15, 0.2) is 0 Å². The Morgan fingerprint density at radius 3 is 2.41 bits per heavy atom. The maximum Gasteiger partial charge on any atom is 0.340 e. The molecule has 1 aromatic carbocycles. The summed E-state index contributed by atoms with van der Waals surface area (Å²) in [5.41, 5.74) is 0.908. The molecular weight excluding hydrogens is 372 g/mol. The van der Waals surface area contributed by atoms with Gasteiger partial charge in [-0.2, -0.15) is 0 Å². The quantitative estimate of drug-likeness (QED) is 0.776. The van der Waals surface area contributed by atoms with E-state index < -0.39 is 11.9 Å². The van der Waals surface area contributed by atoms with Crippen LogP contribution in [0.25, 0.3) is 0 Å². The largest absolute Gasteiger partial charge is 0.462 e. The van der Waals surface area contributed by atoms with Crippen LogP contribution in [0.3, 0.4) is 0 Å². The molecule has 0 radical (unpaired) electrons. The van der Waals surface area contributed by atoms with Crippen LogP contribution in [0.15, 0.2) is 42.5 Å². The van der Waals surface area contributed by atoms with Gasteiger partial charge in [-0.1, -0.05) is 18.2 Å². The number of carbonyl (C=O) groups is 3. The SMILES string of the molecule is CCOC(=O)c1ccccc1NC(=O)c1cccc(C(=O)N2CCN(C)CC2)n1. The standard InChI is InChI=1S/C21H24N4O4/c1-3-29-21(28)15-7-4-5-8-16(15)23-19(26)17-9-6-10-18(22-17)20(27)25-13-11-24(2)12-14-25/h4-10H,3,11-14H2,1-2H3,(H,23,26). The van der Waals surface area contributed by atoms with Gasteiger partial charge in [0, 0.05) is 26.2 Å². The lowest BCUT2D eigenvalue weighted by Gasteiger charge is -2.32. The number of esters is 1. The smallest absolute Gasteiger partial charge is 0.340 e. The minimum atomic E-state index is -0.518. The van der Waals surface area contributed by atoms with Gasteiger partial charge in [0.1, 0.15) is 11.4 Å². The molecule has 152 valence electrons. The molecule has 1 fully saturated rings. The molecule has 1 N–H and O–H groups in total. The number of amides is 2. The Morgan fingerprint density at radius 2 is 1.69 bits per heavy atom. The predicted molar refractivity (Wildman–Crippen MR) is 108 cm³/mol. The summed E-state index contributed by atoms with van der Waals surface area (Å²) in [4.78, 5) is 45.6. The molecule has 0 unspecified atom stereocenters. The maximum absolute atomic E-state index is 12.7. The van der Waals surface area contributed by atoms with Gasteiger partial charge >= 0.3 is 5.97 Å². The average molecular weight is 396 g/mol. The van der Waals surface area contributed by atoms with Crippen molar-refractivity contribution >= 4 is 23.5 Å². The molecule has 0 saturated carbocycles. The van der Waals surface area contributed by atoms with Crippen molar-refractivity contribution in [2.75, 3.05) is 45.2 Å². The molecule has 8 nitrogen and oxygen atoms in total. The fourth-order valence-electron chi connectivity index (χ4n) is 3.02. The van der Waals surface area contributed by atoms with E-state index >= 15 is 0 Å². The van der Waals surface area contributed by atoms with Crippen LogP contribution in [0.1, 0.15) is 38.3 Å². The summed E-state index contributed by atoms with van der Waals surface area (Å²) < 4.78 is 5.02. The number of ether oxygens (including phenoxy) is 1. The molecule has 29 heavy (non-hydrogen) atoms. The highest BCUT2D eigenvalue weighted by atomic mass is 16.5. The topological polar surface area (TPSA) is 91.8 Å². The lowest BCUT2D eigenvalue weighted by atomic mass is 10.1. The van der Waals surface area contributed by atoms with E-state index in [1.807, 2.05) is 7.05 Å². The lowest BCUT2D eigenvalue weighted by Crippen LogP contribution is -2.47. The van der Waals surface area contributed by atoms with Gasteiger partial charge in [0.05, 0.1) is 17.9 Å². The third kappa shape index (κ3) is 4.97. The number of rotatable bonds is 5. The van der Waals surface area contributed by atoms with Crippen molar-refractivity contribution in [3.05, 3.63) is 59.4 Å². The Balaban J connectivity index is 1.75. The third-order valence-corrected chi connectivity index (χ3v) is 4.66. The van der Waals surface area contributed by atoms with E-state index in [0.717, 1.165) is 13.1 Å². The van der Waals surface area contributed by atoms with Crippen molar-refractivity contribution in [1.82, 2.24) is 14.8 Å². The van der Waals surface area contributed by atoms with Gasteiger partial charge < -0.3 is 19.9 Å². The van der Waals surface area contributed by atoms with Crippen LogP contribution >= 0.6 is 0 Å². The first-order valence-electron chi connectivity index (χ1n) is 9.52. The summed E-state index contributed by atoms with van der Waals surface area (Å²) in [5, 5.41) is 2.68.